The van der Waals surface area contributed by atoms with Gasteiger partial charge in [-0.2, -0.15) is 0 Å². The van der Waals surface area contributed by atoms with E-state index < -0.39 is 11.8 Å². The summed E-state index contributed by atoms with van der Waals surface area (Å²) >= 11 is 0. The fourth-order valence-electron chi connectivity index (χ4n) is 3.63. The highest BCUT2D eigenvalue weighted by Gasteiger charge is 2.37. The first-order valence-electron chi connectivity index (χ1n) is 9.56. The van der Waals surface area contributed by atoms with E-state index in [1.165, 1.54) is 7.11 Å². The molecule has 28 heavy (non-hydrogen) atoms. The van der Waals surface area contributed by atoms with Crippen LogP contribution in [0.15, 0.2) is 48.9 Å². The van der Waals surface area contributed by atoms with Crippen molar-refractivity contribution in [2.24, 2.45) is 0 Å². The summed E-state index contributed by atoms with van der Waals surface area (Å²) < 4.78 is 4.92. The lowest BCUT2D eigenvalue weighted by atomic mass is 9.80. The summed E-state index contributed by atoms with van der Waals surface area (Å²) in [5, 5.41) is 0. The van der Waals surface area contributed by atoms with Gasteiger partial charge in [-0.1, -0.05) is 6.07 Å². The van der Waals surface area contributed by atoms with Gasteiger partial charge >= 0.3 is 5.97 Å². The van der Waals surface area contributed by atoms with Crippen LogP contribution >= 0.6 is 0 Å². The van der Waals surface area contributed by atoms with Crippen LogP contribution in [0.4, 0.5) is 0 Å². The Hall–Kier alpha value is -2.76. The lowest BCUT2D eigenvalue weighted by Crippen LogP contribution is -2.46. The maximum Gasteiger partial charge on any atom is 0.306 e. The number of pyridine rings is 2. The van der Waals surface area contributed by atoms with Crippen molar-refractivity contribution in [2.75, 3.05) is 7.11 Å². The largest absolute Gasteiger partial charge is 0.469 e. The van der Waals surface area contributed by atoms with Crippen LogP contribution in [0.2, 0.25) is 0 Å². The molecule has 0 N–H and O–H groups in total. The van der Waals surface area contributed by atoms with Crippen molar-refractivity contribution in [2.45, 2.75) is 58.0 Å². The van der Waals surface area contributed by atoms with Crippen molar-refractivity contribution < 1.29 is 14.3 Å². The SMILES string of the molecule is COC(=O)CC(c1ccccn1)C(C(=O)N(C(C)C)C(C)C)c1ccncc1. The van der Waals surface area contributed by atoms with E-state index in [0.29, 0.717) is 5.69 Å². The molecule has 0 aliphatic carbocycles. The summed E-state index contributed by atoms with van der Waals surface area (Å²) in [7, 11) is 1.36. The molecular formula is C22H29N3O3. The molecule has 0 aliphatic rings. The van der Waals surface area contributed by atoms with E-state index in [1.807, 2.05) is 62.9 Å². The standard InChI is InChI=1S/C22H29N3O3/c1-15(2)25(16(3)4)22(27)21(17-9-12-23-13-10-17)18(14-20(26)28-5)19-8-6-7-11-24-19/h6-13,15-16,18,21H,14H2,1-5H3. The van der Waals surface area contributed by atoms with Crippen LogP contribution in [0, 0.1) is 0 Å². The van der Waals surface area contributed by atoms with E-state index in [-0.39, 0.29) is 30.4 Å². The number of aromatic nitrogens is 2. The topological polar surface area (TPSA) is 72.4 Å². The first-order chi connectivity index (χ1) is 13.4. The van der Waals surface area contributed by atoms with Gasteiger partial charge < -0.3 is 9.64 Å². The molecular weight excluding hydrogens is 354 g/mol. The maximum absolute atomic E-state index is 13.7. The number of ether oxygens (including phenoxy) is 1. The van der Waals surface area contributed by atoms with Gasteiger partial charge in [-0.3, -0.25) is 19.6 Å². The molecule has 0 saturated carbocycles. The number of carbonyl (C=O) groups excluding carboxylic acids is 2. The number of amides is 1. The average molecular weight is 383 g/mol. The summed E-state index contributed by atoms with van der Waals surface area (Å²) in [6.07, 6.45) is 5.07. The summed E-state index contributed by atoms with van der Waals surface area (Å²) in [6.45, 7) is 7.99. The summed E-state index contributed by atoms with van der Waals surface area (Å²) in [5.41, 5.74) is 1.50. The second-order valence-corrected chi connectivity index (χ2v) is 7.33. The molecule has 1 amide bonds. The first-order valence-corrected chi connectivity index (χ1v) is 9.56. The van der Waals surface area contributed by atoms with Crippen LogP contribution in [-0.2, 0) is 14.3 Å². The molecule has 2 aromatic rings. The Morgan fingerprint density at radius 2 is 1.64 bits per heavy atom. The van der Waals surface area contributed by atoms with Gasteiger partial charge in [0.2, 0.25) is 5.91 Å². The van der Waals surface area contributed by atoms with Crippen molar-refractivity contribution >= 4 is 11.9 Å². The molecule has 0 spiro atoms. The normalized spacial score (nSPS) is 13.2. The predicted octanol–water partition coefficient (Wildman–Crippen LogP) is 3.55. The Morgan fingerprint density at radius 3 is 2.14 bits per heavy atom. The highest BCUT2D eigenvalue weighted by atomic mass is 16.5. The lowest BCUT2D eigenvalue weighted by molar-refractivity contribution is -0.142. The Bertz CT molecular complexity index is 755. The summed E-state index contributed by atoms with van der Waals surface area (Å²) in [5.74, 6) is -1.41. The summed E-state index contributed by atoms with van der Waals surface area (Å²) in [6, 6.07) is 9.24. The maximum atomic E-state index is 13.7. The van der Waals surface area contributed by atoms with E-state index in [0.717, 1.165) is 5.56 Å². The van der Waals surface area contributed by atoms with Gasteiger partial charge in [-0.05, 0) is 57.5 Å². The van der Waals surface area contributed by atoms with Crippen LogP contribution in [-0.4, -0.2) is 45.9 Å². The smallest absolute Gasteiger partial charge is 0.306 e. The highest BCUT2D eigenvalue weighted by Crippen LogP contribution is 2.37. The minimum Gasteiger partial charge on any atom is -0.469 e. The van der Waals surface area contributed by atoms with Crippen molar-refractivity contribution in [3.8, 4) is 0 Å². The van der Waals surface area contributed by atoms with Crippen molar-refractivity contribution in [1.29, 1.82) is 0 Å². The third-order valence-electron chi connectivity index (χ3n) is 4.78. The molecule has 0 aromatic carbocycles. The first kappa shape index (κ1) is 21.5. The molecule has 150 valence electrons. The number of methoxy groups -OCH3 is 1. The van der Waals surface area contributed by atoms with Crippen molar-refractivity contribution in [3.05, 3.63) is 60.2 Å². The molecule has 2 atom stereocenters. The quantitative estimate of drug-likeness (QED) is 0.652. The van der Waals surface area contributed by atoms with Crippen LogP contribution < -0.4 is 0 Å². The molecule has 0 radical (unpaired) electrons. The third-order valence-corrected chi connectivity index (χ3v) is 4.78. The van der Waals surface area contributed by atoms with Crippen LogP contribution in [0.5, 0.6) is 0 Å². The zero-order valence-corrected chi connectivity index (χ0v) is 17.2. The molecule has 2 unspecified atom stereocenters. The second kappa shape index (κ2) is 9.97. The molecule has 6 heteroatoms. The van der Waals surface area contributed by atoms with Gasteiger partial charge in [0.15, 0.2) is 0 Å². The van der Waals surface area contributed by atoms with Crippen molar-refractivity contribution in [3.63, 3.8) is 0 Å². The highest BCUT2D eigenvalue weighted by molar-refractivity contribution is 5.86. The fraction of sp³-hybridized carbons (Fsp3) is 0.455. The van der Waals surface area contributed by atoms with Gasteiger partial charge in [-0.15, -0.1) is 0 Å². The molecule has 0 saturated heterocycles. The Kier molecular flexibility index (Phi) is 7.67. The number of esters is 1. The van der Waals surface area contributed by atoms with Gasteiger partial charge in [0.1, 0.15) is 0 Å². The lowest BCUT2D eigenvalue weighted by Gasteiger charge is -2.36. The van der Waals surface area contributed by atoms with Crippen molar-refractivity contribution in [1.82, 2.24) is 14.9 Å². The molecule has 6 nitrogen and oxygen atoms in total. The Labute approximate surface area is 167 Å². The number of carbonyl (C=O) groups is 2. The minimum atomic E-state index is -0.568. The van der Waals surface area contributed by atoms with E-state index in [9.17, 15) is 9.59 Å². The molecule has 2 aromatic heterocycles. The number of hydrogen-bond donors (Lipinski definition) is 0. The molecule has 0 fully saturated rings. The van der Waals surface area contributed by atoms with Crippen LogP contribution in [0.1, 0.15) is 57.2 Å². The fourth-order valence-corrected chi connectivity index (χ4v) is 3.63. The molecule has 0 bridgehead atoms. The Balaban J connectivity index is 2.59. The number of nitrogens with zero attached hydrogens (tertiary/aromatic N) is 3. The third kappa shape index (κ3) is 5.15. The monoisotopic (exact) mass is 383 g/mol. The predicted molar refractivity (Wildman–Crippen MR) is 108 cm³/mol. The van der Waals surface area contributed by atoms with Gasteiger partial charge in [0, 0.05) is 42.3 Å². The second-order valence-electron chi connectivity index (χ2n) is 7.33. The van der Waals surface area contributed by atoms with Gasteiger partial charge in [0.05, 0.1) is 19.4 Å². The van der Waals surface area contributed by atoms with E-state index in [4.69, 9.17) is 4.74 Å². The van der Waals surface area contributed by atoms with E-state index >= 15 is 0 Å². The minimum absolute atomic E-state index is 0.0272. The number of rotatable bonds is 8. The molecule has 0 aliphatic heterocycles. The zero-order valence-electron chi connectivity index (χ0n) is 17.2. The zero-order chi connectivity index (χ0) is 20.7. The summed E-state index contributed by atoms with van der Waals surface area (Å²) in [4.78, 5) is 36.3. The van der Waals surface area contributed by atoms with Gasteiger partial charge in [0.25, 0.3) is 0 Å². The van der Waals surface area contributed by atoms with Crippen LogP contribution in [0.25, 0.3) is 0 Å². The van der Waals surface area contributed by atoms with Gasteiger partial charge in [-0.25, -0.2) is 0 Å². The molecule has 2 rings (SSSR count). The van der Waals surface area contributed by atoms with Crippen LogP contribution in [0.3, 0.4) is 0 Å². The van der Waals surface area contributed by atoms with E-state index in [2.05, 4.69) is 9.97 Å². The Morgan fingerprint density at radius 1 is 1.00 bits per heavy atom. The number of hydrogen-bond acceptors (Lipinski definition) is 5. The average Bonchev–Trinajstić information content (AvgIpc) is 2.68. The van der Waals surface area contributed by atoms with E-state index in [1.54, 1.807) is 18.6 Å². The molecule has 2 heterocycles.